The summed E-state index contributed by atoms with van der Waals surface area (Å²) < 4.78 is 0. The second-order valence-corrected chi connectivity index (χ2v) is 9.47. The Bertz CT molecular complexity index is 1120. The first-order valence-corrected chi connectivity index (χ1v) is 12.0. The Morgan fingerprint density at radius 1 is 1.09 bits per heavy atom. The molecule has 2 heterocycles. The molecule has 6 heteroatoms. The minimum Gasteiger partial charge on any atom is -0.312 e. The van der Waals surface area contributed by atoms with Gasteiger partial charge in [-0.1, -0.05) is 50.2 Å². The molecular weight excluding hydrogens is 418 g/mol. The molecule has 0 spiro atoms. The van der Waals surface area contributed by atoms with E-state index in [9.17, 15) is 9.59 Å². The molecule has 0 bridgehead atoms. The molecule has 1 atom stereocenters. The molecule has 1 aliphatic heterocycles. The number of thiazole rings is 1. The predicted octanol–water partition coefficient (Wildman–Crippen LogP) is 5.51. The number of aryl methyl sites for hydroxylation is 1. The van der Waals surface area contributed by atoms with Gasteiger partial charge in [0.1, 0.15) is 0 Å². The topological polar surface area (TPSA) is 53.5 Å². The van der Waals surface area contributed by atoms with Gasteiger partial charge in [-0.25, -0.2) is 4.98 Å². The lowest BCUT2D eigenvalue weighted by atomic mass is 9.97. The van der Waals surface area contributed by atoms with Gasteiger partial charge in [0.15, 0.2) is 5.13 Å². The third-order valence-electron chi connectivity index (χ3n) is 6.03. The summed E-state index contributed by atoms with van der Waals surface area (Å²) in [6.45, 7) is 6.59. The number of hydrogen-bond donors (Lipinski definition) is 0. The number of nitrogens with zero attached hydrogens (tertiary/aromatic N) is 3. The first-order valence-electron chi connectivity index (χ1n) is 11.1. The molecule has 0 radical (unpaired) electrons. The summed E-state index contributed by atoms with van der Waals surface area (Å²) >= 11 is 1.47. The zero-order valence-electron chi connectivity index (χ0n) is 19.0. The smallest absolute Gasteiger partial charge is 0.235 e. The molecule has 3 aromatic rings. The van der Waals surface area contributed by atoms with Gasteiger partial charge in [0.05, 0.1) is 11.6 Å². The molecule has 1 unspecified atom stereocenters. The second-order valence-electron chi connectivity index (χ2n) is 8.64. The summed E-state index contributed by atoms with van der Waals surface area (Å²) in [6.07, 6.45) is 1.92. The summed E-state index contributed by atoms with van der Waals surface area (Å²) in [6, 6.07) is 16.0. The van der Waals surface area contributed by atoms with Gasteiger partial charge in [-0.2, -0.15) is 0 Å². The number of benzene rings is 2. The quantitative estimate of drug-likeness (QED) is 0.518. The standard InChI is InChI=1S/C26H29N3O2S/c1-17(2)24(30)29-14-8-11-21-15-20(12-13-23(21)29)22-16-32-26(27-22)28(4)25(31)18(3)19-9-6-5-7-10-19/h5-7,9-10,12-13,15-18H,8,11,14H2,1-4H3. The highest BCUT2D eigenvalue weighted by molar-refractivity contribution is 7.14. The lowest BCUT2D eigenvalue weighted by molar-refractivity contribution is -0.121. The van der Waals surface area contributed by atoms with Gasteiger partial charge in [-0.3, -0.25) is 14.5 Å². The van der Waals surface area contributed by atoms with Gasteiger partial charge in [-0.05, 0) is 43.0 Å². The van der Waals surface area contributed by atoms with Gasteiger partial charge >= 0.3 is 0 Å². The van der Waals surface area contributed by atoms with Crippen molar-refractivity contribution in [2.45, 2.75) is 39.5 Å². The highest BCUT2D eigenvalue weighted by Crippen LogP contribution is 2.34. The second kappa shape index (κ2) is 9.25. The predicted molar refractivity (Wildman–Crippen MR) is 131 cm³/mol. The van der Waals surface area contributed by atoms with Crippen molar-refractivity contribution in [2.75, 3.05) is 23.4 Å². The van der Waals surface area contributed by atoms with Crippen molar-refractivity contribution < 1.29 is 9.59 Å². The summed E-state index contributed by atoms with van der Waals surface area (Å²) in [5, 5.41) is 2.68. The molecular formula is C26H29N3O2S. The van der Waals surface area contributed by atoms with Crippen molar-refractivity contribution in [1.29, 1.82) is 0 Å². The van der Waals surface area contributed by atoms with E-state index in [0.717, 1.165) is 41.9 Å². The van der Waals surface area contributed by atoms with Crippen molar-refractivity contribution in [3.63, 3.8) is 0 Å². The van der Waals surface area contributed by atoms with E-state index >= 15 is 0 Å². The number of amides is 2. The zero-order valence-corrected chi connectivity index (χ0v) is 19.9. The minimum atomic E-state index is -0.234. The highest BCUT2D eigenvalue weighted by atomic mass is 32.1. The van der Waals surface area contributed by atoms with E-state index in [4.69, 9.17) is 4.98 Å². The van der Waals surface area contributed by atoms with Crippen LogP contribution in [0.25, 0.3) is 11.3 Å². The number of carbonyl (C=O) groups is 2. The number of carbonyl (C=O) groups excluding carboxylic acids is 2. The summed E-state index contributed by atoms with van der Waals surface area (Å²) in [7, 11) is 1.78. The fourth-order valence-corrected chi connectivity index (χ4v) is 4.92. The summed E-state index contributed by atoms with van der Waals surface area (Å²) in [5.74, 6) is -0.0671. The van der Waals surface area contributed by atoms with E-state index < -0.39 is 0 Å². The number of rotatable bonds is 5. The van der Waals surface area contributed by atoms with Crippen LogP contribution in [-0.4, -0.2) is 30.4 Å². The lowest BCUT2D eigenvalue weighted by Crippen LogP contribution is -2.38. The molecule has 0 saturated heterocycles. The van der Waals surface area contributed by atoms with Crippen molar-refractivity contribution in [1.82, 2.24) is 4.98 Å². The highest BCUT2D eigenvalue weighted by Gasteiger charge is 2.25. The van der Waals surface area contributed by atoms with E-state index in [2.05, 4.69) is 6.07 Å². The molecule has 4 rings (SSSR count). The largest absolute Gasteiger partial charge is 0.312 e. The molecule has 2 aromatic carbocycles. The van der Waals surface area contributed by atoms with Crippen molar-refractivity contribution in [3.8, 4) is 11.3 Å². The third kappa shape index (κ3) is 4.32. The van der Waals surface area contributed by atoms with E-state index in [0.29, 0.717) is 5.13 Å². The number of fused-ring (bicyclic) bond motifs is 1. The lowest BCUT2D eigenvalue weighted by Gasteiger charge is -2.31. The molecule has 32 heavy (non-hydrogen) atoms. The summed E-state index contributed by atoms with van der Waals surface area (Å²) in [4.78, 5) is 33.9. The Balaban J connectivity index is 1.55. The average molecular weight is 448 g/mol. The SMILES string of the molecule is CC(C)C(=O)N1CCCc2cc(-c3csc(N(C)C(=O)C(C)c4ccccc4)n3)ccc21. The molecule has 0 fully saturated rings. The third-order valence-corrected chi connectivity index (χ3v) is 6.95. The molecule has 1 aromatic heterocycles. The van der Waals surface area contributed by atoms with Crippen LogP contribution in [0.1, 0.15) is 44.2 Å². The van der Waals surface area contributed by atoms with Gasteiger partial charge < -0.3 is 4.90 Å². The Kier molecular flexibility index (Phi) is 6.42. The Morgan fingerprint density at radius 2 is 1.84 bits per heavy atom. The Morgan fingerprint density at radius 3 is 2.56 bits per heavy atom. The van der Waals surface area contributed by atoms with Crippen LogP contribution in [0.3, 0.4) is 0 Å². The molecule has 0 N–H and O–H groups in total. The van der Waals surface area contributed by atoms with Gasteiger partial charge in [0.2, 0.25) is 11.8 Å². The van der Waals surface area contributed by atoms with E-state index in [1.54, 1.807) is 11.9 Å². The number of anilines is 2. The van der Waals surface area contributed by atoms with Gasteiger partial charge in [0.25, 0.3) is 0 Å². The number of aromatic nitrogens is 1. The average Bonchev–Trinajstić information content (AvgIpc) is 3.32. The van der Waals surface area contributed by atoms with Crippen LogP contribution in [0.2, 0.25) is 0 Å². The number of likely N-dealkylation sites (N-methyl/N-ethyl adjacent to an activating group) is 1. The van der Waals surface area contributed by atoms with Crippen LogP contribution in [0.5, 0.6) is 0 Å². The normalized spacial score (nSPS) is 14.2. The van der Waals surface area contributed by atoms with E-state index in [1.165, 1.54) is 16.9 Å². The van der Waals surface area contributed by atoms with Crippen LogP contribution < -0.4 is 9.80 Å². The molecule has 0 saturated carbocycles. The minimum absolute atomic E-state index is 0.0189. The van der Waals surface area contributed by atoms with E-state index in [-0.39, 0.29) is 23.7 Å². The van der Waals surface area contributed by atoms with Crippen LogP contribution in [0, 0.1) is 5.92 Å². The summed E-state index contributed by atoms with van der Waals surface area (Å²) in [5.41, 5.74) is 5.06. The molecule has 5 nitrogen and oxygen atoms in total. The Hall–Kier alpha value is -2.99. The van der Waals surface area contributed by atoms with Crippen LogP contribution in [-0.2, 0) is 16.0 Å². The fraction of sp³-hybridized carbons (Fsp3) is 0.346. The molecule has 166 valence electrons. The maximum Gasteiger partial charge on any atom is 0.235 e. The van der Waals surface area contributed by atoms with Crippen LogP contribution in [0.15, 0.2) is 53.9 Å². The maximum absolute atomic E-state index is 13.0. The van der Waals surface area contributed by atoms with Crippen molar-refractivity contribution in [2.24, 2.45) is 5.92 Å². The number of hydrogen-bond acceptors (Lipinski definition) is 4. The maximum atomic E-state index is 13.0. The van der Waals surface area contributed by atoms with Crippen molar-refractivity contribution >= 4 is 34.0 Å². The van der Waals surface area contributed by atoms with E-state index in [1.807, 2.05) is 73.5 Å². The van der Waals surface area contributed by atoms with Crippen molar-refractivity contribution in [3.05, 3.63) is 65.0 Å². The first kappa shape index (κ1) is 22.2. The van der Waals surface area contributed by atoms with Crippen LogP contribution >= 0.6 is 11.3 Å². The van der Waals surface area contributed by atoms with Crippen LogP contribution in [0.4, 0.5) is 10.8 Å². The monoisotopic (exact) mass is 447 g/mol. The van der Waals surface area contributed by atoms with Gasteiger partial charge in [-0.15, -0.1) is 11.3 Å². The first-order chi connectivity index (χ1) is 15.4. The Labute approximate surface area is 193 Å². The molecule has 1 aliphatic rings. The zero-order chi connectivity index (χ0) is 22.8. The molecule has 2 amide bonds. The van der Waals surface area contributed by atoms with Gasteiger partial charge in [0, 0.05) is 36.1 Å². The molecule has 0 aliphatic carbocycles. The fourth-order valence-electron chi connectivity index (χ4n) is 4.12.